The van der Waals surface area contributed by atoms with E-state index in [4.69, 9.17) is 5.11 Å². The number of hydrogen-bond donors (Lipinski definition) is 2. The van der Waals surface area contributed by atoms with Crippen molar-refractivity contribution in [3.05, 3.63) is 12.7 Å². The predicted molar refractivity (Wildman–Crippen MR) is 73.1 cm³/mol. The van der Waals surface area contributed by atoms with Crippen molar-refractivity contribution in [2.45, 2.75) is 25.8 Å². The fourth-order valence-electron chi connectivity index (χ4n) is 2.38. The molecule has 108 valence electrons. The van der Waals surface area contributed by atoms with Gasteiger partial charge in [-0.25, -0.2) is 4.79 Å². The van der Waals surface area contributed by atoms with Crippen molar-refractivity contribution in [2.24, 2.45) is 0 Å². The van der Waals surface area contributed by atoms with Gasteiger partial charge in [-0.1, -0.05) is 6.08 Å². The highest BCUT2D eigenvalue weighted by Gasteiger charge is 2.28. The Balaban J connectivity index is 2.72. The molecule has 1 rings (SSSR count). The van der Waals surface area contributed by atoms with E-state index in [0.29, 0.717) is 6.54 Å². The summed E-state index contributed by atoms with van der Waals surface area (Å²) < 4.78 is 0. The summed E-state index contributed by atoms with van der Waals surface area (Å²) in [5.41, 5.74) is 0. The topological polar surface area (TPSA) is 72.9 Å². The summed E-state index contributed by atoms with van der Waals surface area (Å²) >= 11 is 0. The second-order valence-electron chi connectivity index (χ2n) is 4.61. The number of carboxylic acids is 1. The van der Waals surface area contributed by atoms with Gasteiger partial charge in [-0.3, -0.25) is 4.79 Å². The highest BCUT2D eigenvalue weighted by atomic mass is 16.4. The number of amides is 2. The molecule has 1 fully saturated rings. The first-order valence-electron chi connectivity index (χ1n) is 6.69. The molecule has 0 aromatic rings. The average Bonchev–Trinajstić information content (AvgIpc) is 2.39. The number of hydrogen-bond acceptors (Lipinski definition) is 3. The molecule has 0 saturated carbocycles. The van der Waals surface area contributed by atoms with Gasteiger partial charge in [0, 0.05) is 19.1 Å². The summed E-state index contributed by atoms with van der Waals surface area (Å²) in [6.45, 7) is 7.86. The van der Waals surface area contributed by atoms with Gasteiger partial charge in [-0.2, -0.15) is 0 Å². The van der Waals surface area contributed by atoms with Crippen LogP contribution in [-0.2, 0) is 4.79 Å². The molecule has 0 aromatic carbocycles. The number of carboxylic acid groups (broad SMARTS) is 1. The molecule has 0 bridgehead atoms. The molecule has 6 heteroatoms. The third-order valence-corrected chi connectivity index (χ3v) is 3.28. The monoisotopic (exact) mass is 269 g/mol. The van der Waals surface area contributed by atoms with Gasteiger partial charge in [0.15, 0.2) is 0 Å². The number of piperidine rings is 1. The maximum atomic E-state index is 12.4. The van der Waals surface area contributed by atoms with E-state index in [-0.39, 0.29) is 25.2 Å². The third kappa shape index (κ3) is 4.55. The molecule has 1 aliphatic heterocycles. The van der Waals surface area contributed by atoms with Crippen LogP contribution in [0.15, 0.2) is 12.7 Å². The SMILES string of the molecule is C=CCN(CC(=O)O)C(=O)N(CC)C1CCNCC1. The van der Waals surface area contributed by atoms with Crippen LogP contribution < -0.4 is 5.32 Å². The number of nitrogens with zero attached hydrogens (tertiary/aromatic N) is 2. The molecule has 0 radical (unpaired) electrons. The van der Waals surface area contributed by atoms with Gasteiger partial charge in [0.2, 0.25) is 0 Å². The molecule has 0 unspecified atom stereocenters. The van der Waals surface area contributed by atoms with Gasteiger partial charge in [0.05, 0.1) is 0 Å². The smallest absolute Gasteiger partial charge is 0.323 e. The minimum Gasteiger partial charge on any atom is -0.480 e. The maximum absolute atomic E-state index is 12.4. The van der Waals surface area contributed by atoms with Crippen molar-refractivity contribution in [2.75, 3.05) is 32.7 Å². The Morgan fingerprint density at radius 2 is 2.05 bits per heavy atom. The second kappa shape index (κ2) is 7.78. The zero-order chi connectivity index (χ0) is 14.3. The molecule has 19 heavy (non-hydrogen) atoms. The van der Waals surface area contributed by atoms with Crippen molar-refractivity contribution in [3.8, 4) is 0 Å². The fourth-order valence-corrected chi connectivity index (χ4v) is 2.38. The van der Waals surface area contributed by atoms with Crippen LogP contribution in [-0.4, -0.2) is 65.7 Å². The summed E-state index contributed by atoms with van der Waals surface area (Å²) in [4.78, 5) is 26.3. The normalized spacial score (nSPS) is 15.8. The molecular weight excluding hydrogens is 246 g/mol. The highest BCUT2D eigenvalue weighted by Crippen LogP contribution is 2.14. The van der Waals surface area contributed by atoms with Gasteiger partial charge in [-0.05, 0) is 32.9 Å². The average molecular weight is 269 g/mol. The Morgan fingerprint density at radius 3 is 2.53 bits per heavy atom. The molecule has 0 aliphatic carbocycles. The lowest BCUT2D eigenvalue weighted by molar-refractivity contribution is -0.137. The standard InChI is InChI=1S/C13H23N3O3/c1-3-9-15(10-12(17)18)13(19)16(4-2)11-5-7-14-8-6-11/h3,11,14H,1,4-10H2,2H3,(H,17,18). The van der Waals surface area contributed by atoms with Crippen LogP contribution in [0.5, 0.6) is 0 Å². The van der Waals surface area contributed by atoms with Crippen LogP contribution in [0.1, 0.15) is 19.8 Å². The van der Waals surface area contributed by atoms with Crippen LogP contribution in [0, 0.1) is 0 Å². The first-order valence-corrected chi connectivity index (χ1v) is 6.69. The second-order valence-corrected chi connectivity index (χ2v) is 4.61. The van der Waals surface area contributed by atoms with Crippen molar-refractivity contribution < 1.29 is 14.7 Å². The zero-order valence-electron chi connectivity index (χ0n) is 11.5. The quantitative estimate of drug-likeness (QED) is 0.698. The van der Waals surface area contributed by atoms with Crippen molar-refractivity contribution >= 4 is 12.0 Å². The van der Waals surface area contributed by atoms with Crippen LogP contribution in [0.3, 0.4) is 0 Å². The number of rotatable bonds is 6. The van der Waals surface area contributed by atoms with Gasteiger partial charge in [0.25, 0.3) is 0 Å². The van der Waals surface area contributed by atoms with E-state index in [9.17, 15) is 9.59 Å². The molecule has 2 N–H and O–H groups in total. The number of urea groups is 1. The summed E-state index contributed by atoms with van der Waals surface area (Å²) in [5, 5.41) is 12.1. The highest BCUT2D eigenvalue weighted by molar-refractivity contribution is 5.80. The van der Waals surface area contributed by atoms with E-state index in [1.54, 1.807) is 11.0 Å². The van der Waals surface area contributed by atoms with Gasteiger partial charge >= 0.3 is 12.0 Å². The van der Waals surface area contributed by atoms with E-state index in [0.717, 1.165) is 25.9 Å². The Bertz CT molecular complexity index is 327. The van der Waals surface area contributed by atoms with E-state index < -0.39 is 5.97 Å². The maximum Gasteiger partial charge on any atom is 0.323 e. The Morgan fingerprint density at radius 1 is 1.42 bits per heavy atom. The first-order chi connectivity index (χ1) is 9.10. The summed E-state index contributed by atoms with van der Waals surface area (Å²) in [6, 6.07) is -0.0171. The van der Waals surface area contributed by atoms with E-state index >= 15 is 0 Å². The molecule has 0 aromatic heterocycles. The predicted octanol–water partition coefficient (Wildman–Crippen LogP) is 0.753. The minimum atomic E-state index is -1.00. The fraction of sp³-hybridized carbons (Fsp3) is 0.692. The van der Waals surface area contributed by atoms with Crippen molar-refractivity contribution in [1.82, 2.24) is 15.1 Å². The first kappa shape index (κ1) is 15.5. The van der Waals surface area contributed by atoms with E-state index in [2.05, 4.69) is 11.9 Å². The van der Waals surface area contributed by atoms with Crippen LogP contribution in [0.25, 0.3) is 0 Å². The molecular formula is C13H23N3O3. The Kier molecular flexibility index (Phi) is 6.35. The molecule has 0 atom stereocenters. The van der Waals surface area contributed by atoms with Crippen LogP contribution >= 0.6 is 0 Å². The molecule has 0 spiro atoms. The molecule has 1 aliphatic rings. The third-order valence-electron chi connectivity index (χ3n) is 3.28. The lowest BCUT2D eigenvalue weighted by atomic mass is 10.1. The van der Waals surface area contributed by atoms with Gasteiger partial charge < -0.3 is 20.2 Å². The summed E-state index contributed by atoms with van der Waals surface area (Å²) in [7, 11) is 0. The van der Waals surface area contributed by atoms with E-state index in [1.807, 2.05) is 6.92 Å². The minimum absolute atomic E-state index is 0.194. The number of nitrogens with one attached hydrogen (secondary N) is 1. The Hall–Kier alpha value is -1.56. The molecule has 1 saturated heterocycles. The zero-order valence-corrected chi connectivity index (χ0v) is 11.5. The van der Waals surface area contributed by atoms with Gasteiger partial charge in [0.1, 0.15) is 6.54 Å². The molecule has 2 amide bonds. The number of aliphatic carboxylic acids is 1. The summed E-state index contributed by atoms with van der Waals surface area (Å²) in [6.07, 6.45) is 3.38. The lowest BCUT2D eigenvalue weighted by Crippen LogP contribution is -2.52. The lowest BCUT2D eigenvalue weighted by Gasteiger charge is -2.36. The largest absolute Gasteiger partial charge is 0.480 e. The van der Waals surface area contributed by atoms with Crippen molar-refractivity contribution in [1.29, 1.82) is 0 Å². The Labute approximate surface area is 114 Å². The van der Waals surface area contributed by atoms with E-state index in [1.165, 1.54) is 4.90 Å². The number of carbonyl (C=O) groups is 2. The van der Waals surface area contributed by atoms with Crippen molar-refractivity contribution in [3.63, 3.8) is 0 Å². The molecule has 1 heterocycles. The summed E-state index contributed by atoms with van der Waals surface area (Å²) in [5.74, 6) is -1.00. The number of carbonyl (C=O) groups excluding carboxylic acids is 1. The van der Waals surface area contributed by atoms with Gasteiger partial charge in [-0.15, -0.1) is 6.58 Å². The van der Waals surface area contributed by atoms with Crippen LogP contribution in [0.2, 0.25) is 0 Å². The van der Waals surface area contributed by atoms with Crippen LogP contribution in [0.4, 0.5) is 4.79 Å². The molecule has 6 nitrogen and oxygen atoms in total.